The predicted octanol–water partition coefficient (Wildman–Crippen LogP) is 1.93. The van der Waals surface area contributed by atoms with Crippen molar-refractivity contribution in [2.75, 3.05) is 32.0 Å². The summed E-state index contributed by atoms with van der Waals surface area (Å²) >= 11 is 0. The van der Waals surface area contributed by atoms with Gasteiger partial charge in [0, 0.05) is 12.2 Å². The van der Waals surface area contributed by atoms with Crippen LogP contribution in [0.25, 0.3) is 0 Å². The van der Waals surface area contributed by atoms with E-state index in [-0.39, 0.29) is 6.61 Å². The molecule has 3 nitrogen and oxygen atoms in total. The van der Waals surface area contributed by atoms with Crippen molar-refractivity contribution in [2.24, 2.45) is 5.92 Å². The van der Waals surface area contributed by atoms with Crippen LogP contribution < -0.4 is 5.32 Å². The molecule has 0 amide bonds. The van der Waals surface area contributed by atoms with Gasteiger partial charge in [0.1, 0.15) is 0 Å². The summed E-state index contributed by atoms with van der Waals surface area (Å²) in [6.07, 6.45) is 2.58. The fraction of sp³-hybridized carbons (Fsp3) is 0.571. The van der Waals surface area contributed by atoms with Gasteiger partial charge in [-0.25, -0.2) is 0 Å². The lowest BCUT2D eigenvalue weighted by Crippen LogP contribution is -2.32. The monoisotopic (exact) mass is 234 g/mol. The van der Waals surface area contributed by atoms with Crippen LogP contribution in [0.2, 0.25) is 0 Å². The number of hydrogen-bond donors (Lipinski definition) is 2. The van der Waals surface area contributed by atoms with Gasteiger partial charge in [0.2, 0.25) is 0 Å². The number of aliphatic hydroxyl groups excluding tert-OH is 1. The molecule has 0 aliphatic carbocycles. The Morgan fingerprint density at radius 2 is 1.88 bits per heavy atom. The molecule has 1 fully saturated rings. The highest BCUT2D eigenvalue weighted by molar-refractivity contribution is 5.44. The third-order valence-electron chi connectivity index (χ3n) is 3.57. The second-order valence-corrected chi connectivity index (χ2v) is 4.98. The van der Waals surface area contributed by atoms with Crippen LogP contribution in [0.5, 0.6) is 0 Å². The van der Waals surface area contributed by atoms with Crippen molar-refractivity contribution in [2.45, 2.75) is 19.4 Å². The van der Waals surface area contributed by atoms with Gasteiger partial charge in [-0.15, -0.1) is 0 Å². The standard InChI is InChI=1S/C14H22N2O/c1-16-8-6-12(7-9-16)10-15-14-4-2-13(11-17)3-5-14/h2-5,12,15,17H,6-11H2,1H3. The van der Waals surface area contributed by atoms with Gasteiger partial charge >= 0.3 is 0 Å². The zero-order chi connectivity index (χ0) is 12.1. The molecule has 0 aromatic heterocycles. The van der Waals surface area contributed by atoms with Gasteiger partial charge in [0.15, 0.2) is 0 Å². The molecular formula is C14H22N2O. The number of nitrogens with zero attached hydrogens (tertiary/aromatic N) is 1. The fourth-order valence-corrected chi connectivity index (χ4v) is 2.26. The summed E-state index contributed by atoms with van der Waals surface area (Å²) in [6, 6.07) is 8.02. The Balaban J connectivity index is 1.77. The molecule has 0 spiro atoms. The second kappa shape index (κ2) is 6.03. The van der Waals surface area contributed by atoms with E-state index in [9.17, 15) is 0 Å². The number of aliphatic hydroxyl groups is 1. The number of hydrogen-bond acceptors (Lipinski definition) is 3. The molecule has 0 radical (unpaired) electrons. The molecule has 3 heteroatoms. The molecule has 2 N–H and O–H groups in total. The van der Waals surface area contributed by atoms with Crippen molar-refractivity contribution < 1.29 is 5.11 Å². The van der Waals surface area contributed by atoms with E-state index in [0.29, 0.717) is 0 Å². The van der Waals surface area contributed by atoms with Crippen molar-refractivity contribution in [1.82, 2.24) is 4.90 Å². The highest BCUT2D eigenvalue weighted by atomic mass is 16.3. The first-order chi connectivity index (χ1) is 8.28. The Morgan fingerprint density at radius 1 is 1.24 bits per heavy atom. The van der Waals surface area contributed by atoms with Gasteiger partial charge in [-0.05, 0) is 56.6 Å². The maximum atomic E-state index is 8.96. The molecule has 2 rings (SSSR count). The highest BCUT2D eigenvalue weighted by Gasteiger charge is 2.15. The van der Waals surface area contributed by atoms with Crippen molar-refractivity contribution >= 4 is 5.69 Å². The third kappa shape index (κ3) is 3.72. The molecule has 1 heterocycles. The zero-order valence-corrected chi connectivity index (χ0v) is 10.5. The number of anilines is 1. The van der Waals surface area contributed by atoms with E-state index < -0.39 is 0 Å². The first-order valence-electron chi connectivity index (χ1n) is 6.40. The van der Waals surface area contributed by atoms with Crippen LogP contribution in [-0.2, 0) is 6.61 Å². The van der Waals surface area contributed by atoms with Gasteiger partial charge in [-0.1, -0.05) is 12.1 Å². The summed E-state index contributed by atoms with van der Waals surface area (Å²) in [4.78, 5) is 2.40. The number of benzene rings is 1. The molecule has 0 unspecified atom stereocenters. The van der Waals surface area contributed by atoms with E-state index in [2.05, 4.69) is 17.3 Å². The van der Waals surface area contributed by atoms with Gasteiger partial charge in [-0.3, -0.25) is 0 Å². The number of nitrogens with one attached hydrogen (secondary N) is 1. The Hall–Kier alpha value is -1.06. The first-order valence-corrected chi connectivity index (χ1v) is 6.40. The van der Waals surface area contributed by atoms with E-state index in [0.717, 1.165) is 23.7 Å². The number of likely N-dealkylation sites (tertiary alicyclic amines) is 1. The highest BCUT2D eigenvalue weighted by Crippen LogP contribution is 2.17. The smallest absolute Gasteiger partial charge is 0.0681 e. The normalized spacial score (nSPS) is 18.2. The van der Waals surface area contributed by atoms with E-state index in [4.69, 9.17) is 5.11 Å². The minimum Gasteiger partial charge on any atom is -0.392 e. The van der Waals surface area contributed by atoms with Crippen LogP contribution in [0.3, 0.4) is 0 Å². The van der Waals surface area contributed by atoms with Crippen LogP contribution in [0, 0.1) is 5.92 Å². The lowest BCUT2D eigenvalue weighted by atomic mass is 9.97. The lowest BCUT2D eigenvalue weighted by molar-refractivity contribution is 0.226. The van der Waals surface area contributed by atoms with Gasteiger partial charge in [-0.2, -0.15) is 0 Å². The van der Waals surface area contributed by atoms with Crippen LogP contribution in [0.4, 0.5) is 5.69 Å². The van der Waals surface area contributed by atoms with Crippen LogP contribution >= 0.6 is 0 Å². The maximum absolute atomic E-state index is 8.96. The summed E-state index contributed by atoms with van der Waals surface area (Å²) in [5.41, 5.74) is 2.12. The summed E-state index contributed by atoms with van der Waals surface area (Å²) in [5.74, 6) is 0.795. The Bertz CT molecular complexity index is 329. The van der Waals surface area contributed by atoms with E-state index in [1.165, 1.54) is 25.9 Å². The average molecular weight is 234 g/mol. The molecule has 17 heavy (non-hydrogen) atoms. The molecule has 0 bridgehead atoms. The second-order valence-electron chi connectivity index (χ2n) is 4.98. The molecule has 1 aromatic rings. The molecule has 94 valence electrons. The predicted molar refractivity (Wildman–Crippen MR) is 71.1 cm³/mol. The van der Waals surface area contributed by atoms with E-state index >= 15 is 0 Å². The van der Waals surface area contributed by atoms with Gasteiger partial charge in [0.05, 0.1) is 6.61 Å². The van der Waals surface area contributed by atoms with Crippen LogP contribution in [-0.4, -0.2) is 36.7 Å². The lowest BCUT2D eigenvalue weighted by Gasteiger charge is -2.29. The summed E-state index contributed by atoms with van der Waals surface area (Å²) in [7, 11) is 2.19. The fourth-order valence-electron chi connectivity index (χ4n) is 2.26. The zero-order valence-electron chi connectivity index (χ0n) is 10.5. The van der Waals surface area contributed by atoms with Crippen molar-refractivity contribution in [1.29, 1.82) is 0 Å². The largest absolute Gasteiger partial charge is 0.392 e. The van der Waals surface area contributed by atoms with Crippen LogP contribution in [0.15, 0.2) is 24.3 Å². The van der Waals surface area contributed by atoms with E-state index in [1.807, 2.05) is 24.3 Å². The minimum absolute atomic E-state index is 0.120. The molecular weight excluding hydrogens is 212 g/mol. The molecule has 1 aliphatic heterocycles. The van der Waals surface area contributed by atoms with Gasteiger partial charge in [0.25, 0.3) is 0 Å². The molecule has 1 saturated heterocycles. The Morgan fingerprint density at radius 3 is 2.47 bits per heavy atom. The quantitative estimate of drug-likeness (QED) is 0.835. The summed E-state index contributed by atoms with van der Waals surface area (Å²) < 4.78 is 0. The van der Waals surface area contributed by atoms with Crippen molar-refractivity contribution in [3.05, 3.63) is 29.8 Å². The molecule has 1 aliphatic rings. The molecule has 0 saturated carbocycles. The third-order valence-corrected chi connectivity index (χ3v) is 3.57. The van der Waals surface area contributed by atoms with Crippen molar-refractivity contribution in [3.63, 3.8) is 0 Å². The van der Waals surface area contributed by atoms with Gasteiger partial charge < -0.3 is 15.3 Å². The van der Waals surface area contributed by atoms with Crippen molar-refractivity contribution in [3.8, 4) is 0 Å². The first kappa shape index (κ1) is 12.4. The Labute approximate surface area is 103 Å². The average Bonchev–Trinajstić information content (AvgIpc) is 2.39. The maximum Gasteiger partial charge on any atom is 0.0681 e. The SMILES string of the molecule is CN1CCC(CNc2ccc(CO)cc2)CC1. The number of piperidine rings is 1. The molecule has 0 atom stereocenters. The topological polar surface area (TPSA) is 35.5 Å². The van der Waals surface area contributed by atoms with Crippen LogP contribution in [0.1, 0.15) is 18.4 Å². The number of rotatable bonds is 4. The Kier molecular flexibility index (Phi) is 4.40. The van der Waals surface area contributed by atoms with E-state index in [1.54, 1.807) is 0 Å². The molecule has 1 aromatic carbocycles. The summed E-state index contributed by atoms with van der Waals surface area (Å²) in [5, 5.41) is 12.4. The minimum atomic E-state index is 0.120. The summed E-state index contributed by atoms with van der Waals surface area (Å²) in [6.45, 7) is 3.62.